The molecular formula is C15H14N4. The summed E-state index contributed by atoms with van der Waals surface area (Å²) in [5.74, 6) is 0. The summed E-state index contributed by atoms with van der Waals surface area (Å²) < 4.78 is 1.91. The van der Waals surface area contributed by atoms with E-state index in [0.29, 0.717) is 0 Å². The van der Waals surface area contributed by atoms with Gasteiger partial charge in [0.25, 0.3) is 0 Å². The van der Waals surface area contributed by atoms with Gasteiger partial charge in [-0.25, -0.2) is 0 Å². The van der Waals surface area contributed by atoms with Crippen molar-refractivity contribution >= 4 is 5.69 Å². The SMILES string of the molecule is Nc1ccc(-c2cnn(Cc3cccnc3)c2)cc1. The van der Waals surface area contributed by atoms with Gasteiger partial charge in [-0.05, 0) is 29.3 Å². The van der Waals surface area contributed by atoms with Crippen LogP contribution in [-0.4, -0.2) is 14.8 Å². The molecule has 0 aliphatic rings. The number of benzene rings is 1. The molecule has 2 heterocycles. The fourth-order valence-electron chi connectivity index (χ4n) is 1.95. The van der Waals surface area contributed by atoms with Crippen molar-refractivity contribution < 1.29 is 0 Å². The van der Waals surface area contributed by atoms with E-state index in [2.05, 4.69) is 10.1 Å². The van der Waals surface area contributed by atoms with Crippen molar-refractivity contribution in [2.45, 2.75) is 6.54 Å². The van der Waals surface area contributed by atoms with Crippen molar-refractivity contribution in [1.82, 2.24) is 14.8 Å². The topological polar surface area (TPSA) is 56.7 Å². The van der Waals surface area contributed by atoms with Crippen molar-refractivity contribution in [3.05, 3.63) is 66.7 Å². The first-order valence-corrected chi connectivity index (χ1v) is 6.08. The largest absolute Gasteiger partial charge is 0.399 e. The Kier molecular flexibility index (Phi) is 2.98. The zero-order valence-corrected chi connectivity index (χ0v) is 10.4. The summed E-state index contributed by atoms with van der Waals surface area (Å²) in [5.41, 5.74) is 9.79. The van der Waals surface area contributed by atoms with E-state index in [9.17, 15) is 0 Å². The minimum atomic E-state index is 0.725. The number of nitrogens with two attached hydrogens (primary N) is 1. The van der Waals surface area contributed by atoms with Gasteiger partial charge in [-0.15, -0.1) is 0 Å². The summed E-state index contributed by atoms with van der Waals surface area (Å²) in [7, 11) is 0. The molecule has 0 saturated carbocycles. The first-order valence-electron chi connectivity index (χ1n) is 6.08. The molecule has 0 radical (unpaired) electrons. The third kappa shape index (κ3) is 2.63. The van der Waals surface area contributed by atoms with Gasteiger partial charge < -0.3 is 5.73 Å². The van der Waals surface area contributed by atoms with Crippen molar-refractivity contribution in [2.75, 3.05) is 5.73 Å². The van der Waals surface area contributed by atoms with Gasteiger partial charge in [0.2, 0.25) is 0 Å². The maximum absolute atomic E-state index is 5.68. The Hall–Kier alpha value is -2.62. The molecule has 0 amide bonds. The number of pyridine rings is 1. The predicted molar refractivity (Wildman–Crippen MR) is 75.4 cm³/mol. The van der Waals surface area contributed by atoms with Crippen LogP contribution < -0.4 is 5.73 Å². The van der Waals surface area contributed by atoms with Gasteiger partial charge >= 0.3 is 0 Å². The summed E-state index contributed by atoms with van der Waals surface area (Å²) in [6, 6.07) is 11.8. The average molecular weight is 250 g/mol. The van der Waals surface area contributed by atoms with Gasteiger partial charge in [0.1, 0.15) is 0 Å². The first-order chi connectivity index (χ1) is 9.31. The monoisotopic (exact) mass is 250 g/mol. The molecule has 0 aliphatic heterocycles. The molecule has 2 aromatic heterocycles. The van der Waals surface area contributed by atoms with Crippen LogP contribution >= 0.6 is 0 Å². The molecule has 0 unspecified atom stereocenters. The average Bonchev–Trinajstić information content (AvgIpc) is 2.89. The highest BCUT2D eigenvalue weighted by molar-refractivity contribution is 5.63. The molecule has 0 atom stereocenters. The quantitative estimate of drug-likeness (QED) is 0.727. The van der Waals surface area contributed by atoms with E-state index in [4.69, 9.17) is 5.73 Å². The van der Waals surface area contributed by atoms with Gasteiger partial charge in [0.15, 0.2) is 0 Å². The van der Waals surface area contributed by atoms with Crippen LogP contribution in [-0.2, 0) is 6.54 Å². The summed E-state index contributed by atoms with van der Waals surface area (Å²) in [6.07, 6.45) is 7.51. The number of anilines is 1. The summed E-state index contributed by atoms with van der Waals surface area (Å²) >= 11 is 0. The van der Waals surface area contributed by atoms with E-state index < -0.39 is 0 Å². The second-order valence-corrected chi connectivity index (χ2v) is 4.41. The van der Waals surface area contributed by atoms with Crippen LogP contribution in [0.5, 0.6) is 0 Å². The molecule has 4 heteroatoms. The molecule has 3 rings (SSSR count). The van der Waals surface area contributed by atoms with E-state index in [-0.39, 0.29) is 0 Å². The van der Waals surface area contributed by atoms with Crippen molar-refractivity contribution in [3.8, 4) is 11.1 Å². The number of nitrogen functional groups attached to an aromatic ring is 1. The van der Waals surface area contributed by atoms with Crippen molar-refractivity contribution in [2.24, 2.45) is 0 Å². The summed E-state index contributed by atoms with van der Waals surface area (Å²) in [6.45, 7) is 0.725. The number of hydrogen-bond donors (Lipinski definition) is 1. The Balaban J connectivity index is 1.82. The molecule has 94 valence electrons. The fraction of sp³-hybridized carbons (Fsp3) is 0.0667. The second kappa shape index (κ2) is 4.94. The van der Waals surface area contributed by atoms with Crippen molar-refractivity contribution in [3.63, 3.8) is 0 Å². The van der Waals surface area contributed by atoms with E-state index in [0.717, 1.165) is 28.9 Å². The standard InChI is InChI=1S/C15H14N4/c16-15-5-3-13(4-6-15)14-9-18-19(11-14)10-12-2-1-7-17-8-12/h1-9,11H,10,16H2. The van der Waals surface area contributed by atoms with Crippen LogP contribution in [0.1, 0.15) is 5.56 Å². The summed E-state index contributed by atoms with van der Waals surface area (Å²) in [5, 5.41) is 4.37. The smallest absolute Gasteiger partial charge is 0.0674 e. The zero-order chi connectivity index (χ0) is 13.1. The van der Waals surface area contributed by atoms with Gasteiger partial charge in [-0.3, -0.25) is 9.67 Å². The number of rotatable bonds is 3. The maximum Gasteiger partial charge on any atom is 0.0674 e. The Labute approximate surface area is 111 Å². The minimum absolute atomic E-state index is 0.725. The lowest BCUT2D eigenvalue weighted by Gasteiger charge is -2.00. The lowest BCUT2D eigenvalue weighted by Crippen LogP contribution is -1.99. The first kappa shape index (κ1) is 11.5. The van der Waals surface area contributed by atoms with Gasteiger partial charge in [-0.2, -0.15) is 5.10 Å². The molecular weight excluding hydrogens is 236 g/mol. The zero-order valence-electron chi connectivity index (χ0n) is 10.4. The van der Waals surface area contributed by atoms with Gasteiger partial charge in [-0.1, -0.05) is 18.2 Å². The van der Waals surface area contributed by atoms with Crippen LogP contribution in [0, 0.1) is 0 Å². The lowest BCUT2D eigenvalue weighted by molar-refractivity contribution is 0.685. The molecule has 19 heavy (non-hydrogen) atoms. The second-order valence-electron chi connectivity index (χ2n) is 4.41. The van der Waals surface area contributed by atoms with E-state index in [1.807, 2.05) is 59.7 Å². The molecule has 0 saturated heterocycles. The van der Waals surface area contributed by atoms with Crippen LogP contribution in [0.4, 0.5) is 5.69 Å². The van der Waals surface area contributed by atoms with E-state index in [1.54, 1.807) is 6.20 Å². The highest BCUT2D eigenvalue weighted by Crippen LogP contribution is 2.19. The third-order valence-corrected chi connectivity index (χ3v) is 2.94. The van der Waals surface area contributed by atoms with E-state index >= 15 is 0 Å². The lowest BCUT2D eigenvalue weighted by atomic mass is 10.1. The van der Waals surface area contributed by atoms with Gasteiger partial charge in [0, 0.05) is 29.8 Å². The molecule has 0 fully saturated rings. The fourth-order valence-corrected chi connectivity index (χ4v) is 1.95. The molecule has 3 aromatic rings. The Bertz CT molecular complexity index is 656. The summed E-state index contributed by atoms with van der Waals surface area (Å²) in [4.78, 5) is 4.10. The highest BCUT2D eigenvalue weighted by atomic mass is 15.3. The Morgan fingerprint density at radius 2 is 1.84 bits per heavy atom. The van der Waals surface area contributed by atoms with Crippen LogP contribution in [0.3, 0.4) is 0 Å². The molecule has 2 N–H and O–H groups in total. The molecule has 0 spiro atoms. The van der Waals surface area contributed by atoms with Crippen LogP contribution in [0.15, 0.2) is 61.2 Å². The Morgan fingerprint density at radius 1 is 1.00 bits per heavy atom. The van der Waals surface area contributed by atoms with Gasteiger partial charge in [0.05, 0.1) is 12.7 Å². The molecule has 1 aromatic carbocycles. The molecule has 0 bridgehead atoms. The van der Waals surface area contributed by atoms with Crippen LogP contribution in [0.2, 0.25) is 0 Å². The number of nitrogens with zero attached hydrogens (tertiary/aromatic N) is 3. The molecule has 0 aliphatic carbocycles. The maximum atomic E-state index is 5.68. The van der Waals surface area contributed by atoms with Crippen LogP contribution in [0.25, 0.3) is 11.1 Å². The number of aromatic nitrogens is 3. The highest BCUT2D eigenvalue weighted by Gasteiger charge is 2.02. The number of hydrogen-bond acceptors (Lipinski definition) is 3. The normalized spacial score (nSPS) is 10.5. The molecule has 4 nitrogen and oxygen atoms in total. The third-order valence-electron chi connectivity index (χ3n) is 2.94. The van der Waals surface area contributed by atoms with E-state index in [1.165, 1.54) is 0 Å². The van der Waals surface area contributed by atoms with Crippen molar-refractivity contribution in [1.29, 1.82) is 0 Å². The minimum Gasteiger partial charge on any atom is -0.399 e. The Morgan fingerprint density at radius 3 is 2.58 bits per heavy atom. The predicted octanol–water partition coefficient (Wildman–Crippen LogP) is 2.58.